The summed E-state index contributed by atoms with van der Waals surface area (Å²) in [4.78, 5) is 29.4. The van der Waals surface area contributed by atoms with Crippen LogP contribution < -0.4 is 24.4 Å². The number of amides is 1. The lowest BCUT2D eigenvalue weighted by Crippen LogP contribution is -2.19. The van der Waals surface area contributed by atoms with Crippen LogP contribution >= 0.6 is 11.6 Å². The van der Waals surface area contributed by atoms with Crippen molar-refractivity contribution in [1.82, 2.24) is 10.4 Å². The van der Waals surface area contributed by atoms with Gasteiger partial charge in [-0.15, -0.1) is 0 Å². The van der Waals surface area contributed by atoms with Crippen LogP contribution in [-0.4, -0.2) is 36.5 Å². The maximum absolute atomic E-state index is 13.4. The molecule has 10 heteroatoms. The minimum atomic E-state index is -0.577. The summed E-state index contributed by atoms with van der Waals surface area (Å²) < 4.78 is 22.0. The highest BCUT2D eigenvalue weighted by atomic mass is 35.5. The van der Waals surface area contributed by atoms with Gasteiger partial charge in [-0.3, -0.25) is 4.79 Å². The molecule has 5 aromatic rings. The standard InChI is InChI=1S/C32H24ClN3O6/c1-2-39-21-12-13-25-23(16-21)29(22-8-4-5-9-24(22)33)30(35-25)31(37)36-34-17-20-7-3-6-10-26(20)42-32(38)19-11-14-27-28(15-19)41-18-40-27/h3-17,35H,2,18H2,1H3,(H,36,37). The molecule has 0 spiro atoms. The highest BCUT2D eigenvalue weighted by Crippen LogP contribution is 2.38. The molecule has 0 bridgehead atoms. The van der Waals surface area contributed by atoms with Crippen molar-refractivity contribution in [3.05, 3.63) is 107 Å². The van der Waals surface area contributed by atoms with Crippen LogP contribution in [0.15, 0.2) is 90.0 Å². The van der Waals surface area contributed by atoms with E-state index in [9.17, 15) is 9.59 Å². The number of H-pyrrole nitrogens is 1. The number of fused-ring (bicyclic) bond motifs is 2. The first-order valence-electron chi connectivity index (χ1n) is 13.1. The number of nitrogens with zero attached hydrogens (tertiary/aromatic N) is 1. The van der Waals surface area contributed by atoms with E-state index in [1.165, 1.54) is 6.21 Å². The van der Waals surface area contributed by atoms with Gasteiger partial charge in [0.05, 0.1) is 18.4 Å². The molecule has 1 aliphatic heterocycles. The number of benzene rings is 4. The number of carbonyl (C=O) groups is 2. The van der Waals surface area contributed by atoms with Gasteiger partial charge in [-0.1, -0.05) is 41.9 Å². The minimum Gasteiger partial charge on any atom is -0.494 e. The number of halogens is 1. The Bertz CT molecular complexity index is 1850. The SMILES string of the molecule is CCOc1ccc2[nH]c(C(=O)NN=Cc3ccccc3OC(=O)c3ccc4c(c3)OCO4)c(-c3ccccc3Cl)c2c1. The summed E-state index contributed by atoms with van der Waals surface area (Å²) in [5.41, 5.74) is 5.70. The van der Waals surface area contributed by atoms with Crippen molar-refractivity contribution in [3.63, 3.8) is 0 Å². The summed E-state index contributed by atoms with van der Waals surface area (Å²) in [5.74, 6) is 0.928. The third kappa shape index (κ3) is 5.37. The van der Waals surface area contributed by atoms with Crippen molar-refractivity contribution in [2.75, 3.05) is 13.4 Å². The number of ether oxygens (including phenoxy) is 4. The zero-order valence-electron chi connectivity index (χ0n) is 22.3. The summed E-state index contributed by atoms with van der Waals surface area (Å²) in [7, 11) is 0. The highest BCUT2D eigenvalue weighted by molar-refractivity contribution is 6.34. The Morgan fingerprint density at radius 1 is 1.00 bits per heavy atom. The Morgan fingerprint density at radius 3 is 2.67 bits per heavy atom. The normalized spacial score (nSPS) is 12.0. The zero-order chi connectivity index (χ0) is 29.1. The lowest BCUT2D eigenvalue weighted by atomic mass is 10.0. The summed E-state index contributed by atoms with van der Waals surface area (Å²) in [6, 6.07) is 24.5. The van der Waals surface area contributed by atoms with E-state index in [-0.39, 0.29) is 18.2 Å². The lowest BCUT2D eigenvalue weighted by Gasteiger charge is -2.08. The number of aromatic amines is 1. The van der Waals surface area contributed by atoms with Crippen LogP contribution in [0.1, 0.15) is 33.3 Å². The first-order valence-corrected chi connectivity index (χ1v) is 13.5. The Labute approximate surface area is 245 Å². The molecule has 6 rings (SSSR count). The van der Waals surface area contributed by atoms with E-state index in [0.29, 0.717) is 51.1 Å². The number of rotatable bonds is 8. The molecule has 2 N–H and O–H groups in total. The number of esters is 1. The van der Waals surface area contributed by atoms with E-state index in [0.717, 1.165) is 10.9 Å². The molecular formula is C32H24ClN3O6. The van der Waals surface area contributed by atoms with Crippen molar-refractivity contribution in [1.29, 1.82) is 0 Å². The highest BCUT2D eigenvalue weighted by Gasteiger charge is 2.22. The number of para-hydroxylation sites is 1. The van der Waals surface area contributed by atoms with E-state index in [1.54, 1.807) is 48.5 Å². The predicted molar refractivity (Wildman–Crippen MR) is 159 cm³/mol. The van der Waals surface area contributed by atoms with Gasteiger partial charge < -0.3 is 23.9 Å². The first-order chi connectivity index (χ1) is 20.5. The summed E-state index contributed by atoms with van der Waals surface area (Å²) in [5, 5.41) is 5.43. The summed E-state index contributed by atoms with van der Waals surface area (Å²) in [6.45, 7) is 2.52. The van der Waals surface area contributed by atoms with Crippen LogP contribution in [0.5, 0.6) is 23.0 Å². The fraction of sp³-hybridized carbons (Fsp3) is 0.0938. The number of carbonyl (C=O) groups excluding carboxylic acids is 2. The monoisotopic (exact) mass is 581 g/mol. The van der Waals surface area contributed by atoms with Crippen LogP contribution in [0.4, 0.5) is 0 Å². The maximum Gasteiger partial charge on any atom is 0.343 e. The fourth-order valence-corrected chi connectivity index (χ4v) is 4.85. The number of hydrazone groups is 1. The predicted octanol–water partition coefficient (Wildman–Crippen LogP) is 6.60. The molecule has 1 aromatic heterocycles. The van der Waals surface area contributed by atoms with E-state index < -0.39 is 11.9 Å². The van der Waals surface area contributed by atoms with E-state index in [2.05, 4.69) is 15.5 Å². The molecule has 0 atom stereocenters. The van der Waals surface area contributed by atoms with Crippen LogP contribution in [0, 0.1) is 0 Å². The molecule has 0 unspecified atom stereocenters. The topological polar surface area (TPSA) is 111 Å². The molecule has 0 fully saturated rings. The van der Waals surface area contributed by atoms with Crippen molar-refractivity contribution < 1.29 is 28.5 Å². The molecule has 9 nitrogen and oxygen atoms in total. The maximum atomic E-state index is 13.4. The molecule has 42 heavy (non-hydrogen) atoms. The van der Waals surface area contributed by atoms with E-state index >= 15 is 0 Å². The second-order valence-electron chi connectivity index (χ2n) is 9.19. The molecule has 0 saturated heterocycles. The zero-order valence-corrected chi connectivity index (χ0v) is 23.1. The van der Waals surface area contributed by atoms with E-state index in [1.807, 2.05) is 43.3 Å². The molecule has 2 heterocycles. The molecular weight excluding hydrogens is 558 g/mol. The average Bonchev–Trinajstić information content (AvgIpc) is 3.63. The second-order valence-corrected chi connectivity index (χ2v) is 9.60. The van der Waals surface area contributed by atoms with Gasteiger partial charge >= 0.3 is 5.97 Å². The van der Waals surface area contributed by atoms with Gasteiger partial charge in [-0.05, 0) is 61.5 Å². The Morgan fingerprint density at radius 2 is 1.81 bits per heavy atom. The van der Waals surface area contributed by atoms with E-state index in [4.69, 9.17) is 30.5 Å². The lowest BCUT2D eigenvalue weighted by molar-refractivity contribution is 0.0733. The van der Waals surface area contributed by atoms with Crippen molar-refractivity contribution >= 4 is 40.6 Å². The van der Waals surface area contributed by atoms with Crippen LogP contribution in [0.25, 0.3) is 22.0 Å². The Kier molecular flexibility index (Phi) is 7.49. The number of hydrogen-bond donors (Lipinski definition) is 2. The largest absolute Gasteiger partial charge is 0.494 e. The molecule has 1 amide bonds. The number of nitrogens with one attached hydrogen (secondary N) is 2. The summed E-state index contributed by atoms with van der Waals surface area (Å²) in [6.07, 6.45) is 1.41. The molecule has 0 radical (unpaired) electrons. The van der Waals surface area contributed by atoms with Gasteiger partial charge in [-0.25, -0.2) is 10.2 Å². The van der Waals surface area contributed by atoms with Gasteiger partial charge in [0.1, 0.15) is 17.2 Å². The van der Waals surface area contributed by atoms with Crippen molar-refractivity contribution in [3.8, 4) is 34.1 Å². The molecule has 210 valence electrons. The smallest absolute Gasteiger partial charge is 0.343 e. The third-order valence-electron chi connectivity index (χ3n) is 6.55. The molecule has 4 aromatic carbocycles. The van der Waals surface area contributed by atoms with Gasteiger partial charge in [-0.2, -0.15) is 5.10 Å². The Hall–Kier alpha value is -5.28. The van der Waals surface area contributed by atoms with Crippen molar-refractivity contribution in [2.45, 2.75) is 6.92 Å². The first kappa shape index (κ1) is 26.9. The molecule has 0 saturated carbocycles. The quantitative estimate of drug-likeness (QED) is 0.0924. The van der Waals surface area contributed by atoms with Crippen molar-refractivity contribution in [2.24, 2.45) is 5.10 Å². The number of hydrogen-bond acceptors (Lipinski definition) is 7. The second kappa shape index (κ2) is 11.7. The Balaban J connectivity index is 1.25. The van der Waals surface area contributed by atoms with Crippen LogP contribution in [-0.2, 0) is 0 Å². The van der Waals surface area contributed by atoms with Crippen LogP contribution in [0.3, 0.4) is 0 Å². The summed E-state index contributed by atoms with van der Waals surface area (Å²) >= 11 is 6.55. The van der Waals surface area contributed by atoms with Gasteiger partial charge in [0, 0.05) is 32.6 Å². The van der Waals surface area contributed by atoms with Gasteiger partial charge in [0.25, 0.3) is 5.91 Å². The number of aromatic nitrogens is 1. The van der Waals surface area contributed by atoms with Gasteiger partial charge in [0.15, 0.2) is 11.5 Å². The molecule has 0 aliphatic carbocycles. The minimum absolute atomic E-state index is 0.103. The molecule has 1 aliphatic rings. The van der Waals surface area contributed by atoms with Gasteiger partial charge in [0.2, 0.25) is 6.79 Å². The average molecular weight is 582 g/mol. The van der Waals surface area contributed by atoms with Crippen LogP contribution in [0.2, 0.25) is 5.02 Å². The third-order valence-corrected chi connectivity index (χ3v) is 6.88. The fourth-order valence-electron chi connectivity index (χ4n) is 4.62.